The van der Waals surface area contributed by atoms with Gasteiger partial charge in [0.1, 0.15) is 6.26 Å². The monoisotopic (exact) mass is 473 g/mol. The van der Waals surface area contributed by atoms with E-state index in [1.807, 2.05) is 47.6 Å². The summed E-state index contributed by atoms with van der Waals surface area (Å²) in [7, 11) is 0. The van der Waals surface area contributed by atoms with Crippen molar-refractivity contribution >= 4 is 33.9 Å². The molecule has 1 aliphatic carbocycles. The molecule has 3 aromatic rings. The molecule has 1 aliphatic heterocycles. The van der Waals surface area contributed by atoms with Crippen molar-refractivity contribution in [3.05, 3.63) is 59.3 Å². The predicted octanol–water partition coefficient (Wildman–Crippen LogP) is 3.40. The lowest BCUT2D eigenvalue weighted by Gasteiger charge is -2.33. The summed E-state index contributed by atoms with van der Waals surface area (Å²) >= 11 is -1.04. The van der Waals surface area contributed by atoms with Crippen LogP contribution in [0.25, 0.3) is 22.0 Å². The SMILES string of the molecule is Cc1cc(N)c2ncc(C(=O)N3CCN([S+](C)[O-])CC3)c(-c3ccc(C4(C#N)CC4)cc3)c2c1. The standard InChI is InChI=1S/C26H27N5O2S/c1-17-13-20-23(18-3-5-19(6-4-18)26(16-27)7-8-26)21(15-29-24(20)22(28)14-17)25(32)30-9-11-31(12-10-30)34(2)33/h3-6,13-15H,7-12,28H2,1-2H3. The zero-order chi connectivity index (χ0) is 24.0. The van der Waals surface area contributed by atoms with Gasteiger partial charge in [0.2, 0.25) is 0 Å². The molecule has 8 heteroatoms. The highest BCUT2D eigenvalue weighted by Gasteiger charge is 2.44. The molecule has 1 aromatic heterocycles. The van der Waals surface area contributed by atoms with Crippen molar-refractivity contribution in [3.63, 3.8) is 0 Å². The van der Waals surface area contributed by atoms with Crippen LogP contribution in [-0.4, -0.2) is 57.1 Å². The minimum atomic E-state index is -1.04. The van der Waals surface area contributed by atoms with Gasteiger partial charge >= 0.3 is 0 Å². The predicted molar refractivity (Wildman–Crippen MR) is 134 cm³/mol. The number of rotatable bonds is 4. The van der Waals surface area contributed by atoms with E-state index in [2.05, 4.69) is 11.1 Å². The maximum absolute atomic E-state index is 13.7. The quantitative estimate of drug-likeness (QED) is 0.459. The molecule has 5 rings (SSSR count). The minimum Gasteiger partial charge on any atom is -0.598 e. The Bertz CT molecular complexity index is 1300. The number of hydrogen-bond acceptors (Lipinski definition) is 6. The van der Waals surface area contributed by atoms with Crippen LogP contribution < -0.4 is 5.73 Å². The molecule has 174 valence electrons. The molecule has 34 heavy (non-hydrogen) atoms. The van der Waals surface area contributed by atoms with Gasteiger partial charge in [0, 0.05) is 41.6 Å². The topological polar surface area (TPSA) is 109 Å². The third-order valence-electron chi connectivity index (χ3n) is 6.96. The number of hydrogen-bond donors (Lipinski definition) is 1. The number of aryl methyl sites for hydroxylation is 1. The summed E-state index contributed by atoms with van der Waals surface area (Å²) in [6.07, 6.45) is 5.06. The fourth-order valence-corrected chi connectivity index (χ4v) is 5.50. The molecule has 2 N–H and O–H groups in total. The number of pyridine rings is 1. The lowest BCUT2D eigenvalue weighted by molar-refractivity contribution is 0.0699. The van der Waals surface area contributed by atoms with Gasteiger partial charge in [-0.05, 0) is 48.6 Å². The maximum atomic E-state index is 13.7. The highest BCUT2D eigenvalue weighted by atomic mass is 32.2. The average molecular weight is 474 g/mol. The molecule has 7 nitrogen and oxygen atoms in total. The van der Waals surface area contributed by atoms with Crippen molar-refractivity contribution in [2.45, 2.75) is 25.2 Å². The van der Waals surface area contributed by atoms with E-state index in [1.54, 1.807) is 17.4 Å². The minimum absolute atomic E-state index is 0.0919. The van der Waals surface area contributed by atoms with Crippen LogP contribution in [-0.2, 0) is 16.8 Å². The fourth-order valence-electron chi connectivity index (χ4n) is 4.82. The van der Waals surface area contributed by atoms with Crippen molar-refractivity contribution in [1.29, 1.82) is 5.26 Å². The van der Waals surface area contributed by atoms with Crippen molar-refractivity contribution in [2.24, 2.45) is 0 Å². The van der Waals surface area contributed by atoms with E-state index in [-0.39, 0.29) is 11.3 Å². The Morgan fingerprint density at radius 1 is 1.18 bits per heavy atom. The van der Waals surface area contributed by atoms with Gasteiger partial charge in [-0.2, -0.15) is 5.26 Å². The molecule has 2 heterocycles. The van der Waals surface area contributed by atoms with Gasteiger partial charge in [0.25, 0.3) is 5.91 Å². The van der Waals surface area contributed by atoms with Crippen LogP contribution in [0.15, 0.2) is 42.6 Å². The van der Waals surface area contributed by atoms with Crippen LogP contribution in [0.4, 0.5) is 5.69 Å². The first-order valence-corrected chi connectivity index (χ1v) is 12.9. The molecule has 2 aliphatic rings. The molecular weight excluding hydrogens is 446 g/mol. The van der Waals surface area contributed by atoms with Crippen molar-refractivity contribution in [2.75, 3.05) is 38.2 Å². The van der Waals surface area contributed by atoms with Gasteiger partial charge in [0.05, 0.1) is 41.3 Å². The molecule has 2 fully saturated rings. The number of benzene rings is 2. The molecular formula is C26H27N5O2S. The van der Waals surface area contributed by atoms with Crippen molar-refractivity contribution < 1.29 is 9.35 Å². The summed E-state index contributed by atoms with van der Waals surface area (Å²) < 4.78 is 13.7. The van der Waals surface area contributed by atoms with E-state index < -0.39 is 11.4 Å². The first-order valence-electron chi connectivity index (χ1n) is 11.4. The van der Waals surface area contributed by atoms with Crippen LogP contribution in [0.1, 0.15) is 34.3 Å². The Labute approximate surface area is 202 Å². The second-order valence-electron chi connectivity index (χ2n) is 9.21. The third kappa shape index (κ3) is 3.90. The van der Waals surface area contributed by atoms with Crippen LogP contribution in [0.2, 0.25) is 0 Å². The molecule has 1 saturated heterocycles. The number of anilines is 1. The molecule has 0 radical (unpaired) electrons. The molecule has 2 aromatic carbocycles. The molecule has 1 atom stereocenters. The number of nitrogens with two attached hydrogens (primary N) is 1. The summed E-state index contributed by atoms with van der Waals surface area (Å²) in [6.45, 7) is 4.14. The summed E-state index contributed by atoms with van der Waals surface area (Å²) in [6, 6.07) is 14.3. The summed E-state index contributed by atoms with van der Waals surface area (Å²) in [5.41, 5.74) is 11.4. The van der Waals surface area contributed by atoms with E-state index in [1.165, 1.54) is 0 Å². The van der Waals surface area contributed by atoms with Gasteiger partial charge in [0.15, 0.2) is 0 Å². The van der Waals surface area contributed by atoms with Crippen molar-refractivity contribution in [3.8, 4) is 17.2 Å². The number of nitrogens with zero attached hydrogens (tertiary/aromatic N) is 4. The molecule has 1 saturated carbocycles. The Hall–Kier alpha value is -3.12. The number of piperazine rings is 1. The molecule has 0 bridgehead atoms. The first-order chi connectivity index (χ1) is 16.3. The average Bonchev–Trinajstić information content (AvgIpc) is 3.64. The largest absolute Gasteiger partial charge is 0.598 e. The van der Waals surface area contributed by atoms with Gasteiger partial charge in [-0.3, -0.25) is 9.78 Å². The van der Waals surface area contributed by atoms with Gasteiger partial charge < -0.3 is 15.2 Å². The van der Waals surface area contributed by atoms with Gasteiger partial charge in [-0.1, -0.05) is 24.3 Å². The Morgan fingerprint density at radius 3 is 2.44 bits per heavy atom. The highest BCUT2D eigenvalue weighted by Crippen LogP contribution is 2.48. The number of aromatic nitrogens is 1. The number of amides is 1. The molecule has 1 amide bonds. The zero-order valence-electron chi connectivity index (χ0n) is 19.4. The highest BCUT2D eigenvalue weighted by molar-refractivity contribution is 7.88. The van der Waals surface area contributed by atoms with Crippen LogP contribution in [0.5, 0.6) is 0 Å². The van der Waals surface area contributed by atoms with Gasteiger partial charge in [-0.15, -0.1) is 4.31 Å². The number of carbonyl (C=O) groups is 1. The van der Waals surface area contributed by atoms with Crippen molar-refractivity contribution in [1.82, 2.24) is 14.2 Å². The summed E-state index contributed by atoms with van der Waals surface area (Å²) in [4.78, 5) is 20.1. The van der Waals surface area contributed by atoms with Crippen LogP contribution in [0.3, 0.4) is 0 Å². The number of carbonyl (C=O) groups excluding carboxylic acids is 1. The molecule has 0 spiro atoms. The Kier molecular flexibility index (Phi) is 5.72. The number of nitriles is 1. The third-order valence-corrected chi connectivity index (χ3v) is 8.05. The smallest absolute Gasteiger partial charge is 0.256 e. The van der Waals surface area contributed by atoms with E-state index in [9.17, 15) is 14.6 Å². The number of fused-ring (bicyclic) bond motifs is 1. The van der Waals surface area contributed by atoms with E-state index in [0.29, 0.717) is 42.9 Å². The zero-order valence-corrected chi connectivity index (χ0v) is 20.2. The normalized spacial score (nSPS) is 18.5. The maximum Gasteiger partial charge on any atom is 0.256 e. The Morgan fingerprint density at radius 2 is 1.85 bits per heavy atom. The fraction of sp³-hybridized carbons (Fsp3) is 0.346. The summed E-state index contributed by atoms with van der Waals surface area (Å²) in [5.74, 6) is -0.0919. The van der Waals surface area contributed by atoms with Crippen LogP contribution >= 0.6 is 0 Å². The summed E-state index contributed by atoms with van der Waals surface area (Å²) in [5, 5.41) is 10.4. The van der Waals surface area contributed by atoms with E-state index >= 15 is 0 Å². The van der Waals surface area contributed by atoms with E-state index in [0.717, 1.165) is 40.5 Å². The van der Waals surface area contributed by atoms with E-state index in [4.69, 9.17) is 5.73 Å². The lowest BCUT2D eigenvalue weighted by Crippen LogP contribution is -2.50. The lowest BCUT2D eigenvalue weighted by atomic mass is 9.91. The Balaban J connectivity index is 1.60. The molecule has 1 unspecified atom stereocenters. The number of nitrogen functional groups attached to an aromatic ring is 1. The second-order valence-corrected chi connectivity index (χ2v) is 10.6. The van der Waals surface area contributed by atoms with Gasteiger partial charge in [-0.25, -0.2) is 0 Å². The first kappa shape index (κ1) is 22.7. The van der Waals surface area contributed by atoms with Crippen LogP contribution in [0, 0.1) is 18.3 Å². The second kappa shape index (κ2) is 8.58.